The summed E-state index contributed by atoms with van der Waals surface area (Å²) in [5.41, 5.74) is 0.132. The molecular formula is C11H10Cl3O3-. The van der Waals surface area contributed by atoms with Gasteiger partial charge < -0.3 is 14.6 Å². The van der Waals surface area contributed by atoms with Crippen LogP contribution in [-0.4, -0.2) is 6.16 Å². The first-order chi connectivity index (χ1) is 7.64. The molecule has 0 spiro atoms. The molecule has 1 aromatic rings. The van der Waals surface area contributed by atoms with Crippen LogP contribution in [-0.2, 0) is 5.41 Å². The van der Waals surface area contributed by atoms with Crippen molar-refractivity contribution in [1.29, 1.82) is 0 Å². The molecule has 0 bridgehead atoms. The molecule has 6 heteroatoms. The van der Waals surface area contributed by atoms with Crippen LogP contribution in [0.15, 0.2) is 6.07 Å². The number of hydrogen-bond acceptors (Lipinski definition) is 3. The molecular weight excluding hydrogens is 286 g/mol. The van der Waals surface area contributed by atoms with Crippen LogP contribution in [0.2, 0.25) is 15.1 Å². The van der Waals surface area contributed by atoms with Crippen molar-refractivity contribution < 1.29 is 14.6 Å². The Morgan fingerprint density at radius 2 is 1.76 bits per heavy atom. The van der Waals surface area contributed by atoms with E-state index < -0.39 is 11.6 Å². The molecule has 0 aliphatic heterocycles. The first kappa shape index (κ1) is 14.4. The van der Waals surface area contributed by atoms with Gasteiger partial charge in [-0.25, -0.2) is 0 Å². The lowest BCUT2D eigenvalue weighted by Gasteiger charge is -2.25. The van der Waals surface area contributed by atoms with Gasteiger partial charge in [-0.1, -0.05) is 55.6 Å². The fraction of sp³-hybridized carbons (Fsp3) is 0.364. The molecule has 0 heterocycles. The number of carboxylic acid groups (broad SMARTS) is 1. The van der Waals surface area contributed by atoms with Gasteiger partial charge in [-0.2, -0.15) is 0 Å². The van der Waals surface area contributed by atoms with Gasteiger partial charge in [0.1, 0.15) is 0 Å². The molecule has 0 fully saturated rings. The minimum Gasteiger partial charge on any atom is -0.512 e. The Kier molecular flexibility index (Phi) is 4.18. The quantitative estimate of drug-likeness (QED) is 0.451. The van der Waals surface area contributed by atoms with E-state index >= 15 is 0 Å². The molecule has 0 amide bonds. The molecule has 0 saturated carbocycles. The maximum Gasteiger partial charge on any atom is 0.257 e. The van der Waals surface area contributed by atoms with Gasteiger partial charge >= 0.3 is 0 Å². The Morgan fingerprint density at radius 3 is 2.18 bits per heavy atom. The lowest BCUT2D eigenvalue weighted by atomic mass is 9.87. The largest absolute Gasteiger partial charge is 0.512 e. The molecule has 0 aliphatic rings. The molecule has 94 valence electrons. The molecule has 17 heavy (non-hydrogen) atoms. The Bertz CT molecular complexity index is 464. The van der Waals surface area contributed by atoms with Crippen molar-refractivity contribution in [3.8, 4) is 5.75 Å². The Balaban J connectivity index is 3.48. The van der Waals surface area contributed by atoms with Crippen LogP contribution in [0.25, 0.3) is 0 Å². The number of halogens is 3. The SMILES string of the molecule is CC(C)(C)c1c(Cl)c(Cl)cc(OC(=O)[O-])c1Cl. The van der Waals surface area contributed by atoms with Gasteiger partial charge in [-0.3, -0.25) is 0 Å². The minimum atomic E-state index is -1.70. The first-order valence-electron chi connectivity index (χ1n) is 4.71. The molecule has 0 atom stereocenters. The molecule has 3 nitrogen and oxygen atoms in total. The second kappa shape index (κ2) is 4.92. The molecule has 0 saturated heterocycles. The summed E-state index contributed by atoms with van der Waals surface area (Å²) >= 11 is 18.0. The predicted octanol–water partition coefficient (Wildman–Crippen LogP) is 3.67. The number of ether oxygens (including phenoxy) is 1. The van der Waals surface area contributed by atoms with Gasteiger partial charge in [-0.05, 0) is 17.0 Å². The van der Waals surface area contributed by atoms with Crippen LogP contribution < -0.4 is 9.84 Å². The number of hydrogen-bond donors (Lipinski definition) is 0. The number of benzene rings is 1. The maximum atomic E-state index is 10.4. The van der Waals surface area contributed by atoms with E-state index in [-0.39, 0.29) is 20.8 Å². The standard InChI is InChI=1S/C11H11Cl3O3/c1-11(2,3)7-8(13)5(12)4-6(9(7)14)17-10(15)16/h4H,1-3H3,(H,15,16)/p-1. The van der Waals surface area contributed by atoms with Crippen molar-refractivity contribution in [1.82, 2.24) is 0 Å². The first-order valence-corrected chi connectivity index (χ1v) is 5.84. The molecule has 0 unspecified atom stereocenters. The zero-order valence-electron chi connectivity index (χ0n) is 9.44. The van der Waals surface area contributed by atoms with Crippen LogP contribution in [0.1, 0.15) is 26.3 Å². The Labute approximate surface area is 114 Å². The van der Waals surface area contributed by atoms with E-state index in [1.165, 1.54) is 6.07 Å². The summed E-state index contributed by atoms with van der Waals surface area (Å²) in [6, 6.07) is 1.25. The van der Waals surface area contributed by atoms with Crippen molar-refractivity contribution in [2.75, 3.05) is 0 Å². The van der Waals surface area contributed by atoms with Crippen LogP contribution in [0.4, 0.5) is 4.79 Å². The van der Waals surface area contributed by atoms with Crippen LogP contribution in [0.5, 0.6) is 5.75 Å². The zero-order valence-corrected chi connectivity index (χ0v) is 11.7. The van der Waals surface area contributed by atoms with E-state index in [0.29, 0.717) is 5.56 Å². The third-order valence-electron chi connectivity index (χ3n) is 2.07. The van der Waals surface area contributed by atoms with Gasteiger partial charge in [0.25, 0.3) is 6.16 Å². The van der Waals surface area contributed by atoms with Crippen LogP contribution >= 0.6 is 34.8 Å². The van der Waals surface area contributed by atoms with E-state index in [2.05, 4.69) is 4.74 Å². The van der Waals surface area contributed by atoms with E-state index in [1.807, 2.05) is 20.8 Å². The highest BCUT2D eigenvalue weighted by atomic mass is 35.5. The number of carbonyl (C=O) groups is 1. The van der Waals surface area contributed by atoms with Gasteiger partial charge in [0.2, 0.25) is 0 Å². The Morgan fingerprint density at radius 1 is 1.24 bits per heavy atom. The molecule has 1 rings (SSSR count). The second-order valence-electron chi connectivity index (χ2n) is 4.46. The average molecular weight is 297 g/mol. The van der Waals surface area contributed by atoms with E-state index in [1.54, 1.807) is 0 Å². The highest BCUT2D eigenvalue weighted by Gasteiger charge is 2.24. The summed E-state index contributed by atoms with van der Waals surface area (Å²) in [5, 5.41) is 11.0. The van der Waals surface area contributed by atoms with E-state index in [9.17, 15) is 9.90 Å². The third kappa shape index (κ3) is 3.18. The summed E-state index contributed by atoms with van der Waals surface area (Å²) < 4.78 is 4.45. The highest BCUT2D eigenvalue weighted by Crippen LogP contribution is 2.44. The fourth-order valence-electron chi connectivity index (χ4n) is 1.40. The van der Waals surface area contributed by atoms with Gasteiger partial charge in [0.15, 0.2) is 0 Å². The molecule has 0 aromatic heterocycles. The van der Waals surface area contributed by atoms with Crippen molar-refractivity contribution in [3.05, 3.63) is 26.7 Å². The van der Waals surface area contributed by atoms with Crippen molar-refractivity contribution in [2.24, 2.45) is 0 Å². The second-order valence-corrected chi connectivity index (χ2v) is 5.62. The molecule has 1 aromatic carbocycles. The van der Waals surface area contributed by atoms with Crippen LogP contribution in [0, 0.1) is 0 Å². The van der Waals surface area contributed by atoms with Crippen molar-refractivity contribution in [2.45, 2.75) is 26.2 Å². The van der Waals surface area contributed by atoms with Gasteiger partial charge in [0, 0.05) is 0 Å². The lowest BCUT2D eigenvalue weighted by molar-refractivity contribution is -0.271. The molecule has 0 aliphatic carbocycles. The zero-order chi connectivity index (χ0) is 13.4. The minimum absolute atomic E-state index is 0.0778. The summed E-state index contributed by atoms with van der Waals surface area (Å²) in [6.07, 6.45) is -1.70. The summed E-state index contributed by atoms with van der Waals surface area (Å²) in [6.45, 7) is 5.62. The molecule has 0 radical (unpaired) electrons. The lowest BCUT2D eigenvalue weighted by Crippen LogP contribution is -2.27. The van der Waals surface area contributed by atoms with Crippen molar-refractivity contribution in [3.63, 3.8) is 0 Å². The monoisotopic (exact) mass is 295 g/mol. The maximum absolute atomic E-state index is 10.4. The van der Waals surface area contributed by atoms with Gasteiger partial charge in [-0.15, -0.1) is 0 Å². The van der Waals surface area contributed by atoms with Crippen LogP contribution in [0.3, 0.4) is 0 Å². The fourth-order valence-corrected chi connectivity index (χ4v) is 2.55. The predicted molar refractivity (Wildman–Crippen MR) is 66.2 cm³/mol. The smallest absolute Gasteiger partial charge is 0.257 e. The summed E-state index contributed by atoms with van der Waals surface area (Å²) in [7, 11) is 0. The topological polar surface area (TPSA) is 49.4 Å². The third-order valence-corrected chi connectivity index (χ3v) is 3.23. The summed E-state index contributed by atoms with van der Waals surface area (Å²) in [5.74, 6) is -0.0778. The summed E-state index contributed by atoms with van der Waals surface area (Å²) in [4.78, 5) is 10.4. The highest BCUT2D eigenvalue weighted by molar-refractivity contribution is 6.44. The number of rotatable bonds is 1. The van der Waals surface area contributed by atoms with E-state index in [4.69, 9.17) is 34.8 Å². The van der Waals surface area contributed by atoms with E-state index in [0.717, 1.165) is 0 Å². The number of carbonyl (C=O) groups excluding carboxylic acids is 1. The Hall–Kier alpha value is -0.640. The molecule has 0 N–H and O–H groups in total. The van der Waals surface area contributed by atoms with Crippen molar-refractivity contribution >= 4 is 41.0 Å². The average Bonchev–Trinajstić information content (AvgIpc) is 2.11. The normalized spacial score (nSPS) is 11.4. The van der Waals surface area contributed by atoms with Gasteiger partial charge in [0.05, 0.1) is 20.8 Å².